The van der Waals surface area contributed by atoms with E-state index < -0.39 is 68.6 Å². The van der Waals surface area contributed by atoms with Gasteiger partial charge >= 0.3 is 12.1 Å². The van der Waals surface area contributed by atoms with Gasteiger partial charge in [-0.3, -0.25) is 24.0 Å². The molecule has 16 heteroatoms. The number of nitrogens with zero attached hydrogens (tertiary/aromatic N) is 1. The monoisotopic (exact) mass is 706 g/mol. The molecule has 3 N–H and O–H groups in total. The summed E-state index contributed by atoms with van der Waals surface area (Å²) >= 11 is 0. The van der Waals surface area contributed by atoms with E-state index in [-0.39, 0.29) is 44.7 Å². The summed E-state index contributed by atoms with van der Waals surface area (Å²) in [5.74, 6) is -4.39. The van der Waals surface area contributed by atoms with E-state index in [9.17, 15) is 45.6 Å². The summed E-state index contributed by atoms with van der Waals surface area (Å²) < 4.78 is 74.3. The molecular weight excluding hydrogens is 657 g/mol. The predicted molar refractivity (Wildman–Crippen MR) is 167 cm³/mol. The molecule has 0 aromatic heterocycles. The topological polar surface area (TPSA) is 168 Å². The Morgan fingerprint density at radius 2 is 1.56 bits per heavy atom. The lowest BCUT2D eigenvalue weighted by molar-refractivity contribution is -0.175. The van der Waals surface area contributed by atoms with Gasteiger partial charge in [-0.15, -0.1) is 0 Å². The third-order valence-corrected chi connectivity index (χ3v) is 12.8. The number of ketones is 1. The van der Waals surface area contributed by atoms with E-state index in [0.29, 0.717) is 56.3 Å². The first-order valence-electron chi connectivity index (χ1n) is 17.0. The first-order chi connectivity index (χ1) is 22.5. The lowest BCUT2D eigenvalue weighted by atomic mass is 9.56. The van der Waals surface area contributed by atoms with Crippen LogP contribution in [0.25, 0.3) is 0 Å². The van der Waals surface area contributed by atoms with Gasteiger partial charge < -0.3 is 20.3 Å². The minimum atomic E-state index is -5.16. The SMILES string of the molecule is COC(=O)CCC(=O)NCCCC[C@H](NS(=O)(=O)C12CC3CC(CC(C3)C1)C2)C(=O)N1CCC[C@H]1C(=O)N[C@H](C(=O)C(F)(F)F)C(C)C. The third kappa shape index (κ3) is 8.88. The van der Waals surface area contributed by atoms with Crippen molar-refractivity contribution in [3.05, 3.63) is 0 Å². The number of likely N-dealkylation sites (tertiary alicyclic amines) is 1. The lowest BCUT2D eigenvalue weighted by Crippen LogP contribution is -2.61. The summed E-state index contributed by atoms with van der Waals surface area (Å²) in [6, 6.07) is -4.23. The van der Waals surface area contributed by atoms with Crippen LogP contribution in [0.2, 0.25) is 0 Å². The number of halogens is 3. The highest BCUT2D eigenvalue weighted by atomic mass is 32.2. The zero-order chi connectivity index (χ0) is 35.4. The van der Waals surface area contributed by atoms with Gasteiger partial charge in [0.2, 0.25) is 27.7 Å². The molecule has 3 amide bonds. The second kappa shape index (κ2) is 15.4. The molecule has 5 fully saturated rings. The van der Waals surface area contributed by atoms with Crippen molar-refractivity contribution in [3.8, 4) is 0 Å². The average molecular weight is 707 g/mol. The predicted octanol–water partition coefficient (Wildman–Crippen LogP) is 2.75. The highest BCUT2D eigenvalue weighted by Gasteiger charge is 2.58. The Morgan fingerprint density at radius 3 is 2.10 bits per heavy atom. The summed E-state index contributed by atoms with van der Waals surface area (Å²) in [5, 5.41) is 4.89. The van der Waals surface area contributed by atoms with Crippen molar-refractivity contribution in [2.24, 2.45) is 23.7 Å². The standard InChI is InChI=1S/C32H49F3N4O8S/c1-19(2)27(28(42)32(33,34)35)37-29(43)24-8-6-12-39(24)30(44)23(7-4-5-11-36-25(40)9-10-26(41)47-3)38-48(45,46)31-16-20-13-21(17-31)15-22(14-20)18-31/h19-24,27,38H,4-18H2,1-3H3,(H,36,40)(H,37,43)/t20?,21?,22?,23-,24-,27-,31?/m0/s1. The number of hydrogen-bond donors (Lipinski definition) is 3. The first kappa shape index (κ1) is 38.1. The van der Waals surface area contributed by atoms with Gasteiger partial charge in [0.05, 0.1) is 24.3 Å². The van der Waals surface area contributed by atoms with Gasteiger partial charge in [-0.2, -0.15) is 13.2 Å². The summed E-state index contributed by atoms with van der Waals surface area (Å²) in [6.45, 7) is 3.08. The van der Waals surface area contributed by atoms with Crippen LogP contribution in [0.4, 0.5) is 13.2 Å². The van der Waals surface area contributed by atoms with Gasteiger partial charge in [0.25, 0.3) is 5.78 Å². The number of esters is 1. The number of Topliss-reactive ketones (excluding diaryl/α,β-unsaturated/α-hetero) is 1. The van der Waals surface area contributed by atoms with Crippen molar-refractivity contribution in [3.63, 3.8) is 0 Å². The van der Waals surface area contributed by atoms with Crippen LogP contribution < -0.4 is 15.4 Å². The Bertz CT molecular complexity index is 1300. The van der Waals surface area contributed by atoms with Gasteiger partial charge in [0.1, 0.15) is 12.1 Å². The maximum absolute atomic E-state index is 14.1. The minimum absolute atomic E-state index is 0.0523. The van der Waals surface area contributed by atoms with Crippen LogP contribution >= 0.6 is 0 Å². The van der Waals surface area contributed by atoms with Crippen LogP contribution in [0.5, 0.6) is 0 Å². The van der Waals surface area contributed by atoms with E-state index in [1.165, 1.54) is 25.9 Å². The van der Waals surface area contributed by atoms with Crippen LogP contribution in [0.3, 0.4) is 0 Å². The van der Waals surface area contributed by atoms with Crippen molar-refractivity contribution in [1.82, 2.24) is 20.3 Å². The lowest BCUT2D eigenvalue weighted by Gasteiger charge is -2.55. The molecule has 4 bridgehead atoms. The van der Waals surface area contributed by atoms with Gasteiger partial charge in [0.15, 0.2) is 0 Å². The molecule has 5 rings (SSSR count). The fourth-order valence-corrected chi connectivity index (χ4v) is 10.7. The molecule has 272 valence electrons. The maximum Gasteiger partial charge on any atom is 0.452 e. The van der Waals surface area contributed by atoms with E-state index in [1.54, 1.807) is 0 Å². The number of amides is 3. The Morgan fingerprint density at radius 1 is 0.958 bits per heavy atom. The molecule has 0 unspecified atom stereocenters. The second-order valence-corrected chi connectivity index (χ2v) is 16.6. The molecule has 0 aromatic carbocycles. The van der Waals surface area contributed by atoms with E-state index in [1.807, 2.05) is 0 Å². The van der Waals surface area contributed by atoms with E-state index in [4.69, 9.17) is 0 Å². The molecule has 3 atom stereocenters. The number of carbonyl (C=O) groups excluding carboxylic acids is 5. The zero-order valence-electron chi connectivity index (χ0n) is 27.9. The summed E-state index contributed by atoms with van der Waals surface area (Å²) in [7, 11) is -2.78. The minimum Gasteiger partial charge on any atom is -0.469 e. The third-order valence-electron chi connectivity index (χ3n) is 10.5. The molecule has 12 nitrogen and oxygen atoms in total. The van der Waals surface area contributed by atoms with Crippen molar-refractivity contribution in [2.75, 3.05) is 20.2 Å². The smallest absolute Gasteiger partial charge is 0.452 e. The number of carbonyl (C=O) groups is 5. The molecular formula is C32H49F3N4O8S. The van der Waals surface area contributed by atoms with Crippen LogP contribution in [-0.2, 0) is 38.7 Å². The van der Waals surface area contributed by atoms with E-state index >= 15 is 0 Å². The van der Waals surface area contributed by atoms with Crippen LogP contribution in [-0.4, -0.2) is 92.0 Å². The van der Waals surface area contributed by atoms with Gasteiger partial charge in [-0.05, 0) is 94.3 Å². The van der Waals surface area contributed by atoms with E-state index in [2.05, 4.69) is 20.1 Å². The molecule has 1 aliphatic heterocycles. The Hall–Kier alpha value is -2.75. The molecule has 0 spiro atoms. The summed E-state index contributed by atoms with van der Waals surface area (Å²) in [4.78, 5) is 64.0. The Balaban J connectivity index is 1.46. The Labute approximate surface area is 280 Å². The first-order valence-corrected chi connectivity index (χ1v) is 18.5. The number of ether oxygens (including phenoxy) is 1. The largest absolute Gasteiger partial charge is 0.469 e. The highest BCUT2D eigenvalue weighted by molar-refractivity contribution is 7.91. The van der Waals surface area contributed by atoms with Gasteiger partial charge in [0, 0.05) is 19.5 Å². The molecule has 4 saturated carbocycles. The summed E-state index contributed by atoms with van der Waals surface area (Å²) in [6.07, 6.45) is 0.671. The second-order valence-electron chi connectivity index (χ2n) is 14.5. The fourth-order valence-electron chi connectivity index (χ4n) is 8.48. The van der Waals surface area contributed by atoms with E-state index in [0.717, 1.165) is 19.3 Å². The average Bonchev–Trinajstić information content (AvgIpc) is 3.50. The number of rotatable bonds is 16. The molecule has 0 aromatic rings. The molecule has 5 aliphatic rings. The van der Waals surface area contributed by atoms with Gasteiger partial charge in [-0.25, -0.2) is 13.1 Å². The zero-order valence-corrected chi connectivity index (χ0v) is 28.7. The molecule has 4 aliphatic carbocycles. The molecule has 1 heterocycles. The number of methoxy groups -OCH3 is 1. The van der Waals surface area contributed by atoms with Crippen LogP contribution in [0.1, 0.15) is 97.3 Å². The van der Waals surface area contributed by atoms with Crippen molar-refractivity contribution in [2.45, 2.75) is 126 Å². The molecule has 48 heavy (non-hydrogen) atoms. The highest BCUT2D eigenvalue weighted by Crippen LogP contribution is 2.58. The normalized spacial score (nSPS) is 27.9. The Kier molecular flexibility index (Phi) is 12.2. The number of unbranched alkanes of at least 4 members (excludes halogenated alkanes) is 1. The number of hydrogen-bond acceptors (Lipinski definition) is 8. The number of nitrogens with one attached hydrogen (secondary N) is 3. The quantitative estimate of drug-likeness (QED) is 0.163. The molecule has 1 saturated heterocycles. The van der Waals surface area contributed by atoms with Crippen molar-refractivity contribution >= 4 is 39.5 Å². The van der Waals surface area contributed by atoms with Gasteiger partial charge in [-0.1, -0.05) is 13.8 Å². The maximum atomic E-state index is 14.1. The fraction of sp³-hybridized carbons (Fsp3) is 0.844. The number of sulfonamides is 1. The summed E-state index contributed by atoms with van der Waals surface area (Å²) in [5.41, 5.74) is 0. The van der Waals surface area contributed by atoms with Crippen LogP contribution in [0, 0.1) is 23.7 Å². The van der Waals surface area contributed by atoms with Crippen LogP contribution in [0.15, 0.2) is 0 Å². The van der Waals surface area contributed by atoms with Crippen molar-refractivity contribution in [1.29, 1.82) is 0 Å². The number of alkyl halides is 3. The molecule has 0 radical (unpaired) electrons. The van der Waals surface area contributed by atoms with Crippen molar-refractivity contribution < 1.29 is 50.3 Å².